The number of hydrogen-bond donors (Lipinski definition) is 1. The molecule has 3 atom stereocenters. The molecule has 1 nitrogen and oxygen atoms in total. The molecule has 1 N–H and O–H groups in total. The highest BCUT2D eigenvalue weighted by Crippen LogP contribution is 2.31. The molecule has 1 fully saturated rings. The van der Waals surface area contributed by atoms with Crippen LogP contribution in [0.15, 0.2) is 22.7 Å². The fourth-order valence-corrected chi connectivity index (χ4v) is 3.15. The molecule has 0 saturated heterocycles. The van der Waals surface area contributed by atoms with Crippen molar-refractivity contribution in [2.45, 2.75) is 39.2 Å². The van der Waals surface area contributed by atoms with E-state index in [1.807, 2.05) is 19.1 Å². The van der Waals surface area contributed by atoms with Gasteiger partial charge in [0.2, 0.25) is 0 Å². The van der Waals surface area contributed by atoms with E-state index < -0.39 is 0 Å². The summed E-state index contributed by atoms with van der Waals surface area (Å²) >= 11 is 3.29. The van der Waals surface area contributed by atoms with Gasteiger partial charge in [0.25, 0.3) is 0 Å². The van der Waals surface area contributed by atoms with E-state index in [1.54, 1.807) is 0 Å². The summed E-state index contributed by atoms with van der Waals surface area (Å²) in [6.07, 6.45) is 3.99. The Morgan fingerprint density at radius 3 is 2.83 bits per heavy atom. The van der Waals surface area contributed by atoms with Crippen LogP contribution in [0.25, 0.3) is 0 Å². The van der Waals surface area contributed by atoms with Crippen molar-refractivity contribution < 1.29 is 4.39 Å². The monoisotopic (exact) mass is 313 g/mol. The summed E-state index contributed by atoms with van der Waals surface area (Å²) in [5, 5.41) is 3.48. The Morgan fingerprint density at radius 1 is 1.44 bits per heavy atom. The first-order chi connectivity index (χ1) is 8.58. The first-order valence-electron chi connectivity index (χ1n) is 6.76. The lowest BCUT2D eigenvalue weighted by Gasteiger charge is -2.20. The van der Waals surface area contributed by atoms with E-state index in [0.29, 0.717) is 0 Å². The number of halogens is 2. The largest absolute Gasteiger partial charge is 0.310 e. The van der Waals surface area contributed by atoms with Gasteiger partial charge < -0.3 is 5.32 Å². The Labute approximate surface area is 117 Å². The Bertz CT molecular complexity index is 407. The first kappa shape index (κ1) is 14.0. The highest BCUT2D eigenvalue weighted by Gasteiger charge is 2.23. The molecule has 0 heterocycles. The third-order valence-electron chi connectivity index (χ3n) is 4.15. The van der Waals surface area contributed by atoms with E-state index in [4.69, 9.17) is 0 Å². The molecule has 3 heteroatoms. The van der Waals surface area contributed by atoms with Gasteiger partial charge in [-0.2, -0.15) is 0 Å². The highest BCUT2D eigenvalue weighted by molar-refractivity contribution is 9.10. The van der Waals surface area contributed by atoms with Crippen molar-refractivity contribution in [3.05, 3.63) is 34.1 Å². The second-order valence-electron chi connectivity index (χ2n) is 5.46. The summed E-state index contributed by atoms with van der Waals surface area (Å²) in [7, 11) is 0. The smallest absolute Gasteiger partial charge is 0.129 e. The van der Waals surface area contributed by atoms with Gasteiger partial charge in [0, 0.05) is 16.1 Å². The maximum Gasteiger partial charge on any atom is 0.129 e. The average Bonchev–Trinajstić information content (AvgIpc) is 2.72. The summed E-state index contributed by atoms with van der Waals surface area (Å²) in [5.74, 6) is 1.43. The third-order valence-corrected chi connectivity index (χ3v) is 4.65. The van der Waals surface area contributed by atoms with Crippen LogP contribution in [0.2, 0.25) is 0 Å². The summed E-state index contributed by atoms with van der Waals surface area (Å²) in [6, 6.07) is 5.36. The molecular weight excluding hydrogens is 293 g/mol. The van der Waals surface area contributed by atoms with E-state index in [9.17, 15) is 4.39 Å². The van der Waals surface area contributed by atoms with Crippen LogP contribution < -0.4 is 5.32 Å². The molecule has 1 aromatic rings. The SMILES string of the molecule is CC(NCC1CCCC1C)c1ccc(Br)cc1F. The van der Waals surface area contributed by atoms with Gasteiger partial charge in [0.05, 0.1) is 0 Å². The molecule has 18 heavy (non-hydrogen) atoms. The van der Waals surface area contributed by atoms with Crippen LogP contribution in [-0.2, 0) is 0 Å². The number of nitrogens with one attached hydrogen (secondary N) is 1. The Balaban J connectivity index is 1.93. The minimum Gasteiger partial charge on any atom is -0.310 e. The van der Waals surface area contributed by atoms with Crippen LogP contribution in [0.1, 0.15) is 44.7 Å². The Morgan fingerprint density at radius 2 is 2.22 bits per heavy atom. The van der Waals surface area contributed by atoms with E-state index in [2.05, 4.69) is 28.2 Å². The van der Waals surface area contributed by atoms with Crippen molar-refractivity contribution in [3.8, 4) is 0 Å². The molecule has 0 amide bonds. The van der Waals surface area contributed by atoms with Crippen LogP contribution in [0, 0.1) is 17.7 Å². The molecule has 0 aliphatic heterocycles. The zero-order valence-corrected chi connectivity index (χ0v) is 12.6. The predicted molar refractivity (Wildman–Crippen MR) is 77.0 cm³/mol. The first-order valence-corrected chi connectivity index (χ1v) is 7.55. The molecule has 100 valence electrons. The van der Waals surface area contributed by atoms with Crippen molar-refractivity contribution in [2.24, 2.45) is 11.8 Å². The van der Waals surface area contributed by atoms with Gasteiger partial charge >= 0.3 is 0 Å². The van der Waals surface area contributed by atoms with Gasteiger partial charge in [-0.05, 0) is 43.9 Å². The van der Waals surface area contributed by atoms with Crippen molar-refractivity contribution in [3.63, 3.8) is 0 Å². The van der Waals surface area contributed by atoms with Crippen LogP contribution >= 0.6 is 15.9 Å². The quantitative estimate of drug-likeness (QED) is 0.851. The van der Waals surface area contributed by atoms with Crippen molar-refractivity contribution in [2.75, 3.05) is 6.54 Å². The van der Waals surface area contributed by atoms with Crippen LogP contribution in [0.5, 0.6) is 0 Å². The fourth-order valence-electron chi connectivity index (χ4n) is 2.82. The zero-order valence-electron chi connectivity index (χ0n) is 11.0. The van der Waals surface area contributed by atoms with Crippen molar-refractivity contribution in [1.29, 1.82) is 0 Å². The zero-order chi connectivity index (χ0) is 13.1. The molecule has 1 aromatic carbocycles. The van der Waals surface area contributed by atoms with E-state index in [-0.39, 0.29) is 11.9 Å². The average molecular weight is 314 g/mol. The summed E-state index contributed by atoms with van der Waals surface area (Å²) < 4.78 is 14.6. The van der Waals surface area contributed by atoms with Gasteiger partial charge in [0.15, 0.2) is 0 Å². The summed E-state index contributed by atoms with van der Waals surface area (Å²) in [4.78, 5) is 0. The lowest BCUT2D eigenvalue weighted by molar-refractivity contribution is 0.372. The van der Waals surface area contributed by atoms with E-state index >= 15 is 0 Å². The molecule has 0 spiro atoms. The fraction of sp³-hybridized carbons (Fsp3) is 0.600. The van der Waals surface area contributed by atoms with Crippen molar-refractivity contribution >= 4 is 15.9 Å². The second-order valence-corrected chi connectivity index (χ2v) is 6.38. The molecule has 3 unspecified atom stereocenters. The molecule has 2 rings (SSSR count). The minimum atomic E-state index is -0.135. The second kappa shape index (κ2) is 6.16. The Kier molecular flexibility index (Phi) is 4.79. The normalized spacial score (nSPS) is 25.3. The van der Waals surface area contributed by atoms with Gasteiger partial charge in [-0.15, -0.1) is 0 Å². The lowest BCUT2D eigenvalue weighted by Crippen LogP contribution is -2.27. The highest BCUT2D eigenvalue weighted by atomic mass is 79.9. The van der Waals surface area contributed by atoms with E-state index in [0.717, 1.165) is 28.4 Å². The summed E-state index contributed by atoms with van der Waals surface area (Å²) in [6.45, 7) is 5.36. The maximum absolute atomic E-state index is 13.8. The molecule has 1 aliphatic rings. The molecule has 1 saturated carbocycles. The number of benzene rings is 1. The van der Waals surface area contributed by atoms with Gasteiger partial charge in [-0.3, -0.25) is 0 Å². The number of rotatable bonds is 4. The lowest BCUT2D eigenvalue weighted by atomic mass is 9.97. The van der Waals surface area contributed by atoms with Crippen LogP contribution in [0.4, 0.5) is 4.39 Å². The topological polar surface area (TPSA) is 12.0 Å². The van der Waals surface area contributed by atoms with Gasteiger partial charge in [-0.25, -0.2) is 4.39 Å². The standard InChI is InChI=1S/C15H21BrFN/c1-10-4-3-5-12(10)9-18-11(2)14-7-6-13(16)8-15(14)17/h6-8,10-12,18H,3-5,9H2,1-2H3. The molecule has 0 radical (unpaired) electrons. The number of hydrogen-bond acceptors (Lipinski definition) is 1. The van der Waals surface area contributed by atoms with Crippen LogP contribution in [0.3, 0.4) is 0 Å². The Hall–Kier alpha value is -0.410. The van der Waals surface area contributed by atoms with E-state index in [1.165, 1.54) is 25.3 Å². The van der Waals surface area contributed by atoms with Gasteiger partial charge in [-0.1, -0.05) is 41.8 Å². The maximum atomic E-state index is 13.8. The van der Waals surface area contributed by atoms with Crippen LogP contribution in [-0.4, -0.2) is 6.54 Å². The molecular formula is C15H21BrFN. The van der Waals surface area contributed by atoms with Crippen molar-refractivity contribution in [1.82, 2.24) is 5.32 Å². The minimum absolute atomic E-state index is 0.0749. The molecule has 1 aliphatic carbocycles. The molecule has 0 bridgehead atoms. The van der Waals surface area contributed by atoms with Gasteiger partial charge in [0.1, 0.15) is 5.82 Å². The third kappa shape index (κ3) is 3.33. The predicted octanol–water partition coefficient (Wildman–Crippen LogP) is 4.68. The summed E-state index contributed by atoms with van der Waals surface area (Å²) in [5.41, 5.74) is 0.754. The molecule has 0 aromatic heterocycles.